The molecule has 1 amide bonds. The van der Waals surface area contributed by atoms with Crippen molar-refractivity contribution in [1.82, 2.24) is 5.43 Å². The fourth-order valence-corrected chi connectivity index (χ4v) is 2.83. The van der Waals surface area contributed by atoms with Crippen LogP contribution in [0.4, 0.5) is 5.69 Å². The van der Waals surface area contributed by atoms with Gasteiger partial charge in [-0.25, -0.2) is 10.2 Å². The first kappa shape index (κ1) is 23.9. The van der Waals surface area contributed by atoms with Crippen LogP contribution in [0.15, 0.2) is 71.8 Å². The molecule has 0 unspecified atom stereocenters. The molecule has 0 saturated carbocycles. The van der Waals surface area contributed by atoms with Crippen molar-refractivity contribution in [2.24, 2.45) is 5.10 Å². The van der Waals surface area contributed by atoms with Gasteiger partial charge in [0.25, 0.3) is 5.91 Å². The second-order valence-corrected chi connectivity index (χ2v) is 6.98. The maximum Gasteiger partial charge on any atom is 0.343 e. The molecule has 0 aliphatic carbocycles. The van der Waals surface area contributed by atoms with Crippen LogP contribution in [0.2, 0.25) is 0 Å². The van der Waals surface area contributed by atoms with E-state index in [1.165, 1.54) is 25.5 Å². The fourth-order valence-electron chi connectivity index (χ4n) is 2.83. The first-order chi connectivity index (χ1) is 16.4. The van der Waals surface area contributed by atoms with E-state index in [1.54, 1.807) is 61.5 Å². The number of nitrogens with zero attached hydrogens (tertiary/aromatic N) is 2. The zero-order valence-corrected chi connectivity index (χ0v) is 18.4. The Hall–Kier alpha value is -4.73. The third-order valence-corrected chi connectivity index (χ3v) is 4.47. The summed E-state index contributed by atoms with van der Waals surface area (Å²) in [5, 5.41) is 15.0. The number of benzene rings is 3. The largest absolute Gasteiger partial charge is 0.493 e. The van der Waals surface area contributed by atoms with Crippen molar-refractivity contribution in [2.45, 2.75) is 6.92 Å². The fraction of sp³-hybridized carbons (Fsp3) is 0.125. The minimum absolute atomic E-state index is 0.0138. The van der Waals surface area contributed by atoms with Gasteiger partial charge in [-0.05, 0) is 54.4 Å². The Morgan fingerprint density at radius 1 is 1.03 bits per heavy atom. The van der Waals surface area contributed by atoms with E-state index in [1.807, 2.05) is 0 Å². The lowest BCUT2D eigenvalue weighted by Crippen LogP contribution is -2.24. The van der Waals surface area contributed by atoms with E-state index >= 15 is 0 Å². The summed E-state index contributed by atoms with van der Waals surface area (Å²) in [5.74, 6) is -0.617. The molecule has 0 aromatic heterocycles. The van der Waals surface area contributed by atoms with Gasteiger partial charge in [-0.3, -0.25) is 14.9 Å². The van der Waals surface area contributed by atoms with E-state index in [0.29, 0.717) is 22.4 Å². The summed E-state index contributed by atoms with van der Waals surface area (Å²) in [6.07, 6.45) is 1.36. The van der Waals surface area contributed by atoms with Gasteiger partial charge in [-0.2, -0.15) is 5.10 Å². The van der Waals surface area contributed by atoms with Crippen LogP contribution in [0.3, 0.4) is 0 Å². The van der Waals surface area contributed by atoms with Crippen LogP contribution < -0.4 is 19.6 Å². The van der Waals surface area contributed by atoms with Crippen molar-refractivity contribution >= 4 is 23.8 Å². The molecule has 10 heteroatoms. The smallest absolute Gasteiger partial charge is 0.343 e. The number of hydrogen-bond donors (Lipinski definition) is 1. The highest BCUT2D eigenvalue weighted by atomic mass is 16.6. The standard InChI is InChI=1S/C24H21N3O7/c1-16-8-10-20(19(12-16)27(30)31)33-15-23(28)26-25-14-17-9-11-21(22(13-17)32-2)34-24(29)18-6-4-3-5-7-18/h3-14H,15H2,1-2H3,(H,26,28)/b25-14-. The van der Waals surface area contributed by atoms with Gasteiger partial charge in [0.2, 0.25) is 0 Å². The summed E-state index contributed by atoms with van der Waals surface area (Å²) >= 11 is 0. The molecule has 0 heterocycles. The number of carbonyl (C=O) groups is 2. The van der Waals surface area contributed by atoms with Gasteiger partial charge in [-0.15, -0.1) is 0 Å². The van der Waals surface area contributed by atoms with Gasteiger partial charge in [0, 0.05) is 6.07 Å². The first-order valence-electron chi connectivity index (χ1n) is 10.0. The van der Waals surface area contributed by atoms with Gasteiger partial charge in [-0.1, -0.05) is 24.3 Å². The molecular formula is C24H21N3O7. The number of aryl methyl sites for hydroxylation is 1. The number of nitro benzene ring substituents is 1. The highest BCUT2D eigenvalue weighted by Gasteiger charge is 2.16. The van der Waals surface area contributed by atoms with Crippen LogP contribution in [0.5, 0.6) is 17.2 Å². The van der Waals surface area contributed by atoms with Gasteiger partial charge in [0.05, 0.1) is 23.8 Å². The summed E-state index contributed by atoms with van der Waals surface area (Å²) in [6, 6.07) is 17.7. The normalized spacial score (nSPS) is 10.5. The third kappa shape index (κ3) is 6.39. The SMILES string of the molecule is COc1cc(/C=N\NC(=O)COc2ccc(C)cc2[N+](=O)[O-])ccc1OC(=O)c1ccccc1. The highest BCUT2D eigenvalue weighted by molar-refractivity contribution is 5.91. The minimum atomic E-state index is -0.605. The molecule has 3 rings (SSSR count). The van der Waals surface area contributed by atoms with Crippen molar-refractivity contribution in [2.75, 3.05) is 13.7 Å². The van der Waals surface area contributed by atoms with Crippen molar-refractivity contribution in [1.29, 1.82) is 0 Å². The van der Waals surface area contributed by atoms with Crippen LogP contribution >= 0.6 is 0 Å². The quantitative estimate of drug-likeness (QED) is 0.169. The van der Waals surface area contributed by atoms with Crippen molar-refractivity contribution in [3.8, 4) is 17.2 Å². The van der Waals surface area contributed by atoms with Gasteiger partial charge >= 0.3 is 11.7 Å². The molecule has 0 bridgehead atoms. The Kier molecular flexibility index (Phi) is 7.90. The summed E-state index contributed by atoms with van der Waals surface area (Å²) in [7, 11) is 1.43. The van der Waals surface area contributed by atoms with E-state index in [9.17, 15) is 19.7 Å². The number of carbonyl (C=O) groups excluding carboxylic acids is 2. The Labute approximate surface area is 194 Å². The number of rotatable bonds is 9. The molecule has 3 aromatic carbocycles. The summed E-state index contributed by atoms with van der Waals surface area (Å²) in [5.41, 5.74) is 3.71. The highest BCUT2D eigenvalue weighted by Crippen LogP contribution is 2.29. The maximum atomic E-state index is 12.3. The average Bonchev–Trinajstić information content (AvgIpc) is 2.84. The van der Waals surface area contributed by atoms with E-state index in [2.05, 4.69) is 10.5 Å². The number of amides is 1. The summed E-state index contributed by atoms with van der Waals surface area (Å²) in [6.45, 7) is 1.26. The van der Waals surface area contributed by atoms with Crippen LogP contribution in [0.25, 0.3) is 0 Å². The third-order valence-electron chi connectivity index (χ3n) is 4.47. The zero-order chi connectivity index (χ0) is 24.5. The van der Waals surface area contributed by atoms with Crippen LogP contribution in [-0.4, -0.2) is 36.7 Å². The summed E-state index contributed by atoms with van der Waals surface area (Å²) < 4.78 is 15.9. The molecule has 174 valence electrons. The molecule has 0 saturated heterocycles. The number of esters is 1. The molecule has 0 aliphatic heterocycles. The first-order valence-corrected chi connectivity index (χ1v) is 10.0. The van der Waals surface area contributed by atoms with Gasteiger partial charge < -0.3 is 14.2 Å². The molecule has 0 aliphatic rings. The topological polar surface area (TPSA) is 129 Å². The Morgan fingerprint density at radius 3 is 2.47 bits per heavy atom. The average molecular weight is 463 g/mol. The van der Waals surface area contributed by atoms with Gasteiger partial charge in [0.1, 0.15) is 0 Å². The Morgan fingerprint density at radius 2 is 1.76 bits per heavy atom. The molecule has 0 spiro atoms. The molecule has 34 heavy (non-hydrogen) atoms. The lowest BCUT2D eigenvalue weighted by atomic mass is 10.2. The molecule has 1 N–H and O–H groups in total. The molecular weight excluding hydrogens is 442 g/mol. The predicted molar refractivity (Wildman–Crippen MR) is 123 cm³/mol. The molecule has 10 nitrogen and oxygen atoms in total. The molecule has 0 fully saturated rings. The number of ether oxygens (including phenoxy) is 3. The van der Waals surface area contributed by atoms with Crippen molar-refractivity contribution in [3.05, 3.63) is 93.5 Å². The number of nitro groups is 1. The predicted octanol–water partition coefficient (Wildman–Crippen LogP) is 3.66. The van der Waals surface area contributed by atoms with Crippen molar-refractivity contribution in [3.63, 3.8) is 0 Å². The zero-order valence-electron chi connectivity index (χ0n) is 18.4. The van der Waals surface area contributed by atoms with E-state index in [0.717, 1.165) is 0 Å². The second kappa shape index (κ2) is 11.2. The Bertz CT molecular complexity index is 1230. The van der Waals surface area contributed by atoms with E-state index in [-0.39, 0.29) is 17.2 Å². The number of nitrogens with one attached hydrogen (secondary N) is 1. The van der Waals surface area contributed by atoms with Crippen LogP contribution in [-0.2, 0) is 4.79 Å². The molecule has 0 radical (unpaired) electrons. The summed E-state index contributed by atoms with van der Waals surface area (Å²) in [4.78, 5) is 34.8. The van der Waals surface area contributed by atoms with Crippen LogP contribution in [0.1, 0.15) is 21.5 Å². The van der Waals surface area contributed by atoms with Crippen molar-refractivity contribution < 1.29 is 28.7 Å². The second-order valence-electron chi connectivity index (χ2n) is 6.98. The molecule has 0 atom stereocenters. The minimum Gasteiger partial charge on any atom is -0.493 e. The lowest BCUT2D eigenvalue weighted by Gasteiger charge is -2.10. The monoisotopic (exact) mass is 463 g/mol. The van der Waals surface area contributed by atoms with E-state index in [4.69, 9.17) is 14.2 Å². The van der Waals surface area contributed by atoms with Gasteiger partial charge in [0.15, 0.2) is 23.9 Å². The number of methoxy groups -OCH3 is 1. The number of hydrazone groups is 1. The van der Waals surface area contributed by atoms with E-state index < -0.39 is 23.4 Å². The van der Waals surface area contributed by atoms with Crippen LogP contribution in [0, 0.1) is 17.0 Å². The lowest BCUT2D eigenvalue weighted by molar-refractivity contribution is -0.385. The molecule has 3 aromatic rings. The Balaban J connectivity index is 1.58. The number of hydrogen-bond acceptors (Lipinski definition) is 8. The maximum absolute atomic E-state index is 12.3.